The Morgan fingerprint density at radius 1 is 1.23 bits per heavy atom. The maximum absolute atomic E-state index is 13.3. The molecule has 3 atom stereocenters. The van der Waals surface area contributed by atoms with Crippen LogP contribution in [-0.4, -0.2) is 28.9 Å². The molecule has 0 bridgehead atoms. The van der Waals surface area contributed by atoms with Crippen LogP contribution in [0.1, 0.15) is 37.8 Å². The second-order valence-corrected chi connectivity index (χ2v) is 5.84. The summed E-state index contributed by atoms with van der Waals surface area (Å²) in [5.41, 5.74) is 0.502. The fourth-order valence-corrected chi connectivity index (χ4v) is 2.90. The van der Waals surface area contributed by atoms with Crippen LogP contribution in [0.3, 0.4) is 0 Å². The lowest BCUT2D eigenvalue weighted by atomic mass is 10.0. The van der Waals surface area contributed by atoms with Crippen molar-refractivity contribution in [2.45, 2.75) is 32.2 Å². The van der Waals surface area contributed by atoms with E-state index < -0.39 is 29.6 Å². The highest BCUT2D eigenvalue weighted by atomic mass is 19.2. The van der Waals surface area contributed by atoms with Gasteiger partial charge in [-0.1, -0.05) is 6.07 Å². The maximum atomic E-state index is 13.3. The summed E-state index contributed by atoms with van der Waals surface area (Å²) in [5.74, 6) is -3.69. The highest BCUT2D eigenvalue weighted by Crippen LogP contribution is 2.34. The first-order chi connectivity index (χ1) is 10.3. The normalized spacial score (nSPS) is 22.4. The molecular weight excluding hydrogens is 292 g/mol. The number of aliphatic carboxylic acids is 1. The predicted octanol–water partition coefficient (Wildman–Crippen LogP) is 2.99. The van der Waals surface area contributed by atoms with Gasteiger partial charge in [-0.3, -0.25) is 9.59 Å². The van der Waals surface area contributed by atoms with Gasteiger partial charge in [0.15, 0.2) is 11.6 Å². The van der Waals surface area contributed by atoms with Crippen molar-refractivity contribution in [1.82, 2.24) is 4.90 Å². The van der Waals surface area contributed by atoms with Gasteiger partial charge >= 0.3 is 5.97 Å². The van der Waals surface area contributed by atoms with Crippen molar-refractivity contribution < 1.29 is 23.5 Å². The highest BCUT2D eigenvalue weighted by Gasteiger charge is 2.36. The van der Waals surface area contributed by atoms with Crippen molar-refractivity contribution in [1.29, 1.82) is 0 Å². The number of carboxylic acid groups (broad SMARTS) is 1. The maximum Gasteiger partial charge on any atom is 0.306 e. The van der Waals surface area contributed by atoms with E-state index in [1.54, 1.807) is 14.0 Å². The molecule has 1 aliphatic carbocycles. The lowest BCUT2D eigenvalue weighted by Crippen LogP contribution is -2.34. The molecule has 1 aliphatic rings. The number of amides is 1. The van der Waals surface area contributed by atoms with Crippen molar-refractivity contribution >= 4 is 11.9 Å². The third kappa shape index (κ3) is 3.26. The van der Waals surface area contributed by atoms with Crippen LogP contribution in [0, 0.1) is 23.5 Å². The minimum atomic E-state index is -0.947. The molecule has 6 heteroatoms. The molecule has 22 heavy (non-hydrogen) atoms. The summed E-state index contributed by atoms with van der Waals surface area (Å²) >= 11 is 0. The molecule has 1 N–H and O–H groups in total. The minimum absolute atomic E-state index is 0.152. The van der Waals surface area contributed by atoms with Crippen molar-refractivity contribution in [3.63, 3.8) is 0 Å². The number of carbonyl (C=O) groups excluding carboxylic acids is 1. The van der Waals surface area contributed by atoms with E-state index in [1.807, 2.05) is 0 Å². The van der Waals surface area contributed by atoms with Gasteiger partial charge < -0.3 is 10.0 Å². The fraction of sp³-hybridized carbons (Fsp3) is 0.500. The predicted molar refractivity (Wildman–Crippen MR) is 76.0 cm³/mol. The molecule has 4 nitrogen and oxygen atoms in total. The summed E-state index contributed by atoms with van der Waals surface area (Å²) in [5, 5.41) is 8.99. The topological polar surface area (TPSA) is 57.6 Å². The molecule has 0 saturated heterocycles. The number of halogens is 2. The molecule has 1 unspecified atom stereocenters. The first-order valence-corrected chi connectivity index (χ1v) is 7.25. The Morgan fingerprint density at radius 3 is 2.41 bits per heavy atom. The molecule has 0 aliphatic heterocycles. The van der Waals surface area contributed by atoms with Crippen molar-refractivity contribution in [2.75, 3.05) is 7.05 Å². The second kappa shape index (κ2) is 6.42. The minimum Gasteiger partial charge on any atom is -0.481 e. The van der Waals surface area contributed by atoms with Gasteiger partial charge in [0.1, 0.15) is 0 Å². The number of carbonyl (C=O) groups is 2. The van der Waals surface area contributed by atoms with Gasteiger partial charge in [-0.05, 0) is 43.9 Å². The van der Waals surface area contributed by atoms with Crippen molar-refractivity contribution in [3.8, 4) is 0 Å². The van der Waals surface area contributed by atoms with Crippen LogP contribution in [0.15, 0.2) is 18.2 Å². The lowest BCUT2D eigenvalue weighted by molar-refractivity contribution is -0.141. The number of benzene rings is 1. The van der Waals surface area contributed by atoms with Gasteiger partial charge in [0.25, 0.3) is 0 Å². The van der Waals surface area contributed by atoms with Crippen LogP contribution in [-0.2, 0) is 9.59 Å². The Balaban J connectivity index is 2.06. The standard InChI is InChI=1S/C16H19F2NO3/c1-9(10-5-6-13(17)14(18)8-10)19(2)15(20)11-3-4-12(7-11)16(21)22/h5-6,8-9,11-12H,3-4,7H2,1-2H3,(H,21,22)/t9?,11-,12+/m1/s1. The summed E-state index contributed by atoms with van der Waals surface area (Å²) in [6, 6.07) is 3.15. The molecule has 0 heterocycles. The van der Waals surface area contributed by atoms with E-state index in [4.69, 9.17) is 5.11 Å². The van der Waals surface area contributed by atoms with E-state index in [2.05, 4.69) is 0 Å². The third-order valence-electron chi connectivity index (χ3n) is 4.49. The quantitative estimate of drug-likeness (QED) is 0.930. The zero-order valence-corrected chi connectivity index (χ0v) is 12.6. The van der Waals surface area contributed by atoms with E-state index in [0.29, 0.717) is 24.8 Å². The van der Waals surface area contributed by atoms with E-state index >= 15 is 0 Å². The van der Waals surface area contributed by atoms with Gasteiger partial charge in [-0.2, -0.15) is 0 Å². The average molecular weight is 311 g/mol. The fourth-order valence-electron chi connectivity index (χ4n) is 2.90. The van der Waals surface area contributed by atoms with Crippen LogP contribution in [0.4, 0.5) is 8.78 Å². The largest absolute Gasteiger partial charge is 0.481 e. The number of nitrogens with zero attached hydrogens (tertiary/aromatic N) is 1. The smallest absolute Gasteiger partial charge is 0.306 e. The van der Waals surface area contributed by atoms with Crippen LogP contribution in [0.2, 0.25) is 0 Å². The Morgan fingerprint density at radius 2 is 1.86 bits per heavy atom. The first kappa shape index (κ1) is 16.4. The zero-order chi connectivity index (χ0) is 16.4. The molecule has 0 spiro atoms. The van der Waals surface area contributed by atoms with Gasteiger partial charge in [-0.15, -0.1) is 0 Å². The number of carboxylic acids is 1. The van der Waals surface area contributed by atoms with Gasteiger partial charge in [-0.25, -0.2) is 8.78 Å². The molecule has 0 aromatic heterocycles. The molecule has 1 saturated carbocycles. The van der Waals surface area contributed by atoms with E-state index in [-0.39, 0.29) is 11.8 Å². The monoisotopic (exact) mass is 311 g/mol. The van der Waals surface area contributed by atoms with Gasteiger partial charge in [0, 0.05) is 13.0 Å². The van der Waals surface area contributed by atoms with Gasteiger partial charge in [0.2, 0.25) is 5.91 Å². The Labute approximate surface area is 127 Å². The van der Waals surface area contributed by atoms with Crippen molar-refractivity contribution in [2.24, 2.45) is 11.8 Å². The SMILES string of the molecule is CC(c1ccc(F)c(F)c1)N(C)C(=O)[C@@H]1CC[C@H](C(=O)O)C1. The summed E-state index contributed by atoms with van der Waals surface area (Å²) in [6.45, 7) is 1.73. The molecule has 1 aromatic rings. The van der Waals surface area contributed by atoms with Gasteiger partial charge in [0.05, 0.1) is 12.0 Å². The Kier molecular flexibility index (Phi) is 4.78. The summed E-state index contributed by atoms with van der Waals surface area (Å²) in [7, 11) is 1.60. The number of hydrogen-bond acceptors (Lipinski definition) is 2. The summed E-state index contributed by atoms with van der Waals surface area (Å²) < 4.78 is 26.3. The first-order valence-electron chi connectivity index (χ1n) is 7.25. The molecule has 2 rings (SSSR count). The van der Waals surface area contributed by atoms with E-state index in [9.17, 15) is 18.4 Å². The average Bonchev–Trinajstić information content (AvgIpc) is 2.98. The van der Waals surface area contributed by atoms with E-state index in [1.165, 1.54) is 11.0 Å². The Hall–Kier alpha value is -1.98. The molecule has 1 fully saturated rings. The van der Waals surface area contributed by atoms with Crippen molar-refractivity contribution in [3.05, 3.63) is 35.4 Å². The molecule has 0 radical (unpaired) electrons. The lowest BCUT2D eigenvalue weighted by Gasteiger charge is -2.28. The third-order valence-corrected chi connectivity index (χ3v) is 4.49. The molecule has 120 valence electrons. The van der Waals surface area contributed by atoms with Crippen LogP contribution in [0.5, 0.6) is 0 Å². The van der Waals surface area contributed by atoms with Crippen LogP contribution >= 0.6 is 0 Å². The summed E-state index contributed by atoms with van der Waals surface area (Å²) in [6.07, 6.45) is 1.38. The molecule has 1 amide bonds. The molecule has 1 aromatic carbocycles. The molecular formula is C16H19F2NO3. The van der Waals surface area contributed by atoms with E-state index in [0.717, 1.165) is 12.1 Å². The number of hydrogen-bond donors (Lipinski definition) is 1. The van der Waals surface area contributed by atoms with Crippen LogP contribution < -0.4 is 0 Å². The summed E-state index contributed by atoms with van der Waals surface area (Å²) in [4.78, 5) is 24.9. The number of rotatable bonds is 4. The zero-order valence-electron chi connectivity index (χ0n) is 12.6. The van der Waals surface area contributed by atoms with Crippen LogP contribution in [0.25, 0.3) is 0 Å². The second-order valence-electron chi connectivity index (χ2n) is 5.84. The Bertz CT molecular complexity index is 591. The highest BCUT2D eigenvalue weighted by molar-refractivity contribution is 5.81.